The maximum absolute atomic E-state index is 13.5. The summed E-state index contributed by atoms with van der Waals surface area (Å²) in [4.78, 5) is 13.8. The number of hydrogen-bond donors (Lipinski definition) is 0. The molecule has 1 heterocycles. The van der Waals surface area contributed by atoms with Crippen molar-refractivity contribution in [2.45, 2.75) is 52.1 Å². The molecule has 0 fully saturated rings. The van der Waals surface area contributed by atoms with Gasteiger partial charge in [-0.15, -0.1) is 0 Å². The van der Waals surface area contributed by atoms with Crippen molar-refractivity contribution in [2.24, 2.45) is 0 Å². The number of fused-ring (bicyclic) bond motifs is 1. The van der Waals surface area contributed by atoms with E-state index in [1.807, 2.05) is 30.3 Å². The minimum Gasteiger partial charge on any atom is -0.488 e. The highest BCUT2D eigenvalue weighted by Gasteiger charge is 2.34. The number of nitrogens with zero attached hydrogens (tertiary/aromatic N) is 1. The molecule has 0 aliphatic carbocycles. The van der Waals surface area contributed by atoms with Crippen LogP contribution in [0.25, 0.3) is 0 Å². The standard InChI is InChI=1S/C22H25F2NO4/c1-22(2,3)29-21(26)25-12-16-17(27-14-15-8-5-4-6-9-15)10-7-11-18(16)28-19(13-25)20(23)24/h4-11,19-20H,12-14H2,1-3H3. The van der Waals surface area contributed by atoms with E-state index in [9.17, 15) is 13.6 Å². The van der Waals surface area contributed by atoms with E-state index < -0.39 is 24.2 Å². The zero-order valence-electron chi connectivity index (χ0n) is 16.7. The Morgan fingerprint density at radius 3 is 2.55 bits per heavy atom. The van der Waals surface area contributed by atoms with Gasteiger partial charge in [0.05, 0.1) is 18.7 Å². The van der Waals surface area contributed by atoms with Gasteiger partial charge in [0.2, 0.25) is 0 Å². The summed E-state index contributed by atoms with van der Waals surface area (Å²) in [6.45, 7) is 5.27. The first-order chi connectivity index (χ1) is 13.7. The molecule has 7 heteroatoms. The van der Waals surface area contributed by atoms with Gasteiger partial charge in [-0.05, 0) is 38.5 Å². The summed E-state index contributed by atoms with van der Waals surface area (Å²) in [5, 5.41) is 0. The van der Waals surface area contributed by atoms with Gasteiger partial charge in [-0.25, -0.2) is 13.6 Å². The molecular weight excluding hydrogens is 380 g/mol. The number of carbonyl (C=O) groups is 1. The average molecular weight is 405 g/mol. The van der Waals surface area contributed by atoms with Crippen LogP contribution in [0.1, 0.15) is 31.9 Å². The predicted octanol–water partition coefficient (Wildman–Crippen LogP) is 5.03. The fourth-order valence-corrected chi connectivity index (χ4v) is 2.95. The fourth-order valence-electron chi connectivity index (χ4n) is 2.95. The maximum atomic E-state index is 13.5. The van der Waals surface area contributed by atoms with Crippen LogP contribution in [-0.4, -0.2) is 35.7 Å². The van der Waals surface area contributed by atoms with Gasteiger partial charge in [0.1, 0.15) is 23.7 Å². The highest BCUT2D eigenvalue weighted by atomic mass is 19.3. The summed E-state index contributed by atoms with van der Waals surface area (Å²) in [6, 6.07) is 14.6. The summed E-state index contributed by atoms with van der Waals surface area (Å²) in [5.74, 6) is 0.766. The van der Waals surface area contributed by atoms with Crippen LogP contribution >= 0.6 is 0 Å². The number of benzene rings is 2. The quantitative estimate of drug-likeness (QED) is 0.716. The van der Waals surface area contributed by atoms with Crippen molar-refractivity contribution in [3.05, 3.63) is 59.7 Å². The normalized spacial score (nSPS) is 16.6. The molecule has 3 rings (SSSR count). The molecule has 156 valence electrons. The molecule has 1 aliphatic heterocycles. The molecule has 5 nitrogen and oxygen atoms in total. The van der Waals surface area contributed by atoms with Crippen LogP contribution in [0.2, 0.25) is 0 Å². The van der Waals surface area contributed by atoms with Gasteiger partial charge < -0.3 is 14.2 Å². The number of amides is 1. The Morgan fingerprint density at radius 2 is 1.90 bits per heavy atom. The van der Waals surface area contributed by atoms with Crippen molar-refractivity contribution < 1.29 is 27.8 Å². The smallest absolute Gasteiger partial charge is 0.410 e. The van der Waals surface area contributed by atoms with Crippen molar-refractivity contribution in [1.82, 2.24) is 4.90 Å². The molecule has 0 aromatic heterocycles. The number of hydrogen-bond acceptors (Lipinski definition) is 4. The Hall–Kier alpha value is -2.83. The largest absolute Gasteiger partial charge is 0.488 e. The molecule has 1 unspecified atom stereocenters. The van der Waals surface area contributed by atoms with Crippen LogP contribution < -0.4 is 9.47 Å². The van der Waals surface area contributed by atoms with Crippen LogP contribution in [0.3, 0.4) is 0 Å². The number of alkyl halides is 2. The highest BCUT2D eigenvalue weighted by molar-refractivity contribution is 5.69. The summed E-state index contributed by atoms with van der Waals surface area (Å²) in [6.07, 6.45) is -4.87. The van der Waals surface area contributed by atoms with Gasteiger partial charge in [0.25, 0.3) is 6.43 Å². The van der Waals surface area contributed by atoms with Crippen LogP contribution in [0.15, 0.2) is 48.5 Å². The van der Waals surface area contributed by atoms with Crippen molar-refractivity contribution in [1.29, 1.82) is 0 Å². The van der Waals surface area contributed by atoms with Crippen molar-refractivity contribution >= 4 is 6.09 Å². The monoisotopic (exact) mass is 405 g/mol. The molecule has 0 N–H and O–H groups in total. The Balaban J connectivity index is 1.87. The van der Waals surface area contributed by atoms with Gasteiger partial charge in [0, 0.05) is 0 Å². The van der Waals surface area contributed by atoms with Crippen molar-refractivity contribution in [3.8, 4) is 11.5 Å². The first-order valence-corrected chi connectivity index (χ1v) is 9.44. The summed E-state index contributed by atoms with van der Waals surface area (Å²) < 4.78 is 43.9. The SMILES string of the molecule is CC(C)(C)OC(=O)N1Cc2c(OCc3ccccc3)cccc2OC(C(F)F)C1. The third-order valence-electron chi connectivity index (χ3n) is 4.29. The van der Waals surface area contributed by atoms with Crippen molar-refractivity contribution in [2.75, 3.05) is 6.54 Å². The van der Waals surface area contributed by atoms with E-state index in [-0.39, 0.29) is 18.8 Å². The molecule has 0 radical (unpaired) electrons. The van der Waals surface area contributed by atoms with Gasteiger partial charge in [-0.3, -0.25) is 4.90 Å². The van der Waals surface area contributed by atoms with Gasteiger partial charge >= 0.3 is 6.09 Å². The van der Waals surface area contributed by atoms with Crippen LogP contribution in [0.4, 0.5) is 13.6 Å². The second-order valence-electron chi connectivity index (χ2n) is 7.86. The first kappa shape index (κ1) is 20.9. The molecule has 1 aliphatic rings. The third-order valence-corrected chi connectivity index (χ3v) is 4.29. The molecule has 2 aromatic rings. The Labute approximate surface area is 169 Å². The number of carbonyl (C=O) groups excluding carboxylic acids is 1. The van der Waals surface area contributed by atoms with E-state index >= 15 is 0 Å². The molecule has 0 saturated heterocycles. The number of halogens is 2. The van der Waals surface area contributed by atoms with E-state index in [1.54, 1.807) is 39.0 Å². The molecule has 1 amide bonds. The zero-order valence-corrected chi connectivity index (χ0v) is 16.7. The maximum Gasteiger partial charge on any atom is 0.410 e. The summed E-state index contributed by atoms with van der Waals surface area (Å²) >= 11 is 0. The topological polar surface area (TPSA) is 48.0 Å². The first-order valence-electron chi connectivity index (χ1n) is 9.44. The molecule has 0 saturated carbocycles. The lowest BCUT2D eigenvalue weighted by Gasteiger charge is -2.27. The minimum atomic E-state index is -2.75. The Bertz CT molecular complexity index is 836. The lowest BCUT2D eigenvalue weighted by atomic mass is 10.1. The second-order valence-corrected chi connectivity index (χ2v) is 7.86. The van der Waals surface area contributed by atoms with E-state index in [0.29, 0.717) is 17.9 Å². The minimum absolute atomic E-state index is 0.0540. The number of ether oxygens (including phenoxy) is 3. The van der Waals surface area contributed by atoms with E-state index in [0.717, 1.165) is 5.56 Å². The lowest BCUT2D eigenvalue weighted by molar-refractivity contribution is -0.0153. The molecular formula is C22H25F2NO4. The van der Waals surface area contributed by atoms with E-state index in [2.05, 4.69) is 0 Å². The molecule has 0 bridgehead atoms. The second kappa shape index (κ2) is 8.68. The highest BCUT2D eigenvalue weighted by Crippen LogP contribution is 2.34. The van der Waals surface area contributed by atoms with Gasteiger partial charge in [-0.2, -0.15) is 0 Å². The molecule has 0 spiro atoms. The third kappa shape index (κ3) is 5.59. The van der Waals surface area contributed by atoms with Crippen LogP contribution in [-0.2, 0) is 17.9 Å². The van der Waals surface area contributed by atoms with Gasteiger partial charge in [-0.1, -0.05) is 36.4 Å². The lowest BCUT2D eigenvalue weighted by Crippen LogP contribution is -2.43. The zero-order chi connectivity index (χ0) is 21.0. The molecule has 29 heavy (non-hydrogen) atoms. The van der Waals surface area contributed by atoms with Crippen molar-refractivity contribution in [3.63, 3.8) is 0 Å². The Morgan fingerprint density at radius 1 is 1.17 bits per heavy atom. The molecule has 2 aromatic carbocycles. The van der Waals surface area contributed by atoms with Crippen LogP contribution in [0, 0.1) is 0 Å². The van der Waals surface area contributed by atoms with E-state index in [1.165, 1.54) is 4.90 Å². The summed E-state index contributed by atoms with van der Waals surface area (Å²) in [5.41, 5.74) is 0.767. The average Bonchev–Trinajstić information content (AvgIpc) is 2.86. The van der Waals surface area contributed by atoms with E-state index in [4.69, 9.17) is 14.2 Å². The van der Waals surface area contributed by atoms with Gasteiger partial charge in [0.15, 0.2) is 6.10 Å². The molecule has 1 atom stereocenters. The Kier molecular flexibility index (Phi) is 6.25. The van der Waals surface area contributed by atoms with Crippen LogP contribution in [0.5, 0.6) is 11.5 Å². The predicted molar refractivity (Wildman–Crippen MR) is 104 cm³/mol. The number of rotatable bonds is 4. The fraction of sp³-hybridized carbons (Fsp3) is 0.409. The summed E-state index contributed by atoms with van der Waals surface area (Å²) in [7, 11) is 0.